The van der Waals surface area contributed by atoms with Gasteiger partial charge in [-0.25, -0.2) is 4.79 Å². The van der Waals surface area contributed by atoms with Crippen LogP contribution in [0.4, 0.5) is 13.2 Å². The summed E-state index contributed by atoms with van der Waals surface area (Å²) in [4.78, 5) is 16.2. The van der Waals surface area contributed by atoms with Gasteiger partial charge in [-0.15, -0.1) is 5.06 Å². The molecule has 4 aromatic rings. The molecule has 3 atom stereocenters. The first-order valence-corrected chi connectivity index (χ1v) is 14.2. The van der Waals surface area contributed by atoms with E-state index in [9.17, 15) is 18.0 Å². The number of carbonyl (C=O) groups excluding carboxylic acids is 1. The molecule has 0 N–H and O–H groups in total. The SMILES string of the molecule is CC(CCOc1ccc(C2CCN(OC(=O)C(F)(F)F)CC2OCc2ccc3ccccc3c2)cc1)c1ccccc1. The van der Waals surface area contributed by atoms with Crippen LogP contribution in [0, 0.1) is 0 Å². The summed E-state index contributed by atoms with van der Waals surface area (Å²) in [6.07, 6.45) is -4.22. The van der Waals surface area contributed by atoms with Crippen LogP contribution in [0.5, 0.6) is 5.75 Å². The van der Waals surface area contributed by atoms with Gasteiger partial charge in [0.1, 0.15) is 5.75 Å². The Labute approximate surface area is 243 Å². The van der Waals surface area contributed by atoms with E-state index in [-0.39, 0.29) is 25.6 Å². The monoisotopic (exact) mass is 577 g/mol. The van der Waals surface area contributed by atoms with E-state index in [1.807, 2.05) is 84.9 Å². The maximum absolute atomic E-state index is 12.9. The van der Waals surface area contributed by atoms with Crippen LogP contribution in [0.3, 0.4) is 0 Å². The summed E-state index contributed by atoms with van der Waals surface area (Å²) in [6, 6.07) is 32.1. The third-order valence-electron chi connectivity index (χ3n) is 7.74. The van der Waals surface area contributed by atoms with Crippen molar-refractivity contribution in [2.24, 2.45) is 0 Å². The van der Waals surface area contributed by atoms with Gasteiger partial charge in [-0.05, 0) is 64.4 Å². The molecule has 5 nitrogen and oxygen atoms in total. The third kappa shape index (κ3) is 7.69. The molecule has 5 rings (SSSR count). The first-order chi connectivity index (χ1) is 20.3. The van der Waals surface area contributed by atoms with Crippen molar-refractivity contribution >= 4 is 16.7 Å². The van der Waals surface area contributed by atoms with Crippen LogP contribution in [0.1, 0.15) is 48.3 Å². The first-order valence-electron chi connectivity index (χ1n) is 14.2. The van der Waals surface area contributed by atoms with E-state index in [0.29, 0.717) is 18.9 Å². The minimum absolute atomic E-state index is 0.0235. The van der Waals surface area contributed by atoms with Crippen LogP contribution in [0.2, 0.25) is 0 Å². The molecule has 8 heteroatoms. The highest BCUT2D eigenvalue weighted by atomic mass is 19.4. The van der Waals surface area contributed by atoms with Gasteiger partial charge in [0.2, 0.25) is 0 Å². The van der Waals surface area contributed by atoms with Crippen molar-refractivity contribution in [2.45, 2.75) is 50.5 Å². The average molecular weight is 578 g/mol. The van der Waals surface area contributed by atoms with Crippen LogP contribution in [0.25, 0.3) is 10.8 Å². The van der Waals surface area contributed by atoms with E-state index >= 15 is 0 Å². The number of ether oxygens (including phenoxy) is 2. The number of alkyl halides is 3. The van der Waals surface area contributed by atoms with Gasteiger partial charge in [0, 0.05) is 12.5 Å². The van der Waals surface area contributed by atoms with Crippen LogP contribution >= 0.6 is 0 Å². The van der Waals surface area contributed by atoms with Crippen molar-refractivity contribution in [3.63, 3.8) is 0 Å². The molecule has 1 aliphatic rings. The minimum atomic E-state index is -5.06. The number of hydrogen-bond acceptors (Lipinski definition) is 5. The predicted molar refractivity (Wildman–Crippen MR) is 155 cm³/mol. The van der Waals surface area contributed by atoms with Gasteiger partial charge in [0.15, 0.2) is 0 Å². The zero-order valence-electron chi connectivity index (χ0n) is 23.4. The first kappa shape index (κ1) is 29.6. The van der Waals surface area contributed by atoms with Gasteiger partial charge in [0.25, 0.3) is 0 Å². The molecule has 1 fully saturated rings. The van der Waals surface area contributed by atoms with Gasteiger partial charge in [-0.2, -0.15) is 13.2 Å². The van der Waals surface area contributed by atoms with Crippen LogP contribution < -0.4 is 4.74 Å². The number of fused-ring (bicyclic) bond motifs is 1. The highest BCUT2D eigenvalue weighted by molar-refractivity contribution is 5.82. The largest absolute Gasteiger partial charge is 0.494 e. The quantitative estimate of drug-likeness (QED) is 0.192. The lowest BCUT2D eigenvalue weighted by Gasteiger charge is -2.37. The summed E-state index contributed by atoms with van der Waals surface area (Å²) in [5, 5.41) is 3.25. The Morgan fingerprint density at radius 3 is 2.38 bits per heavy atom. The van der Waals surface area contributed by atoms with Gasteiger partial charge in [-0.1, -0.05) is 85.8 Å². The van der Waals surface area contributed by atoms with E-state index in [1.165, 1.54) is 5.56 Å². The van der Waals surface area contributed by atoms with Gasteiger partial charge >= 0.3 is 12.1 Å². The number of hydroxylamine groups is 2. The Morgan fingerprint density at radius 2 is 1.64 bits per heavy atom. The summed E-state index contributed by atoms with van der Waals surface area (Å²) in [5.74, 6) is -1.19. The minimum Gasteiger partial charge on any atom is -0.494 e. The van der Waals surface area contributed by atoms with Crippen molar-refractivity contribution in [3.05, 3.63) is 114 Å². The second kappa shape index (κ2) is 13.4. The summed E-state index contributed by atoms with van der Waals surface area (Å²) in [5.41, 5.74) is 3.22. The summed E-state index contributed by atoms with van der Waals surface area (Å²) < 4.78 is 50.9. The lowest BCUT2D eigenvalue weighted by Crippen LogP contribution is -2.46. The second-order valence-electron chi connectivity index (χ2n) is 10.7. The molecule has 42 heavy (non-hydrogen) atoms. The van der Waals surface area contributed by atoms with Crippen molar-refractivity contribution in [1.29, 1.82) is 0 Å². The van der Waals surface area contributed by atoms with E-state index in [0.717, 1.165) is 39.1 Å². The molecular weight excluding hydrogens is 543 g/mol. The fraction of sp³-hybridized carbons (Fsp3) is 0.324. The van der Waals surface area contributed by atoms with Crippen LogP contribution in [-0.2, 0) is 21.0 Å². The normalized spacial score (nSPS) is 18.5. The maximum Gasteiger partial charge on any atom is 0.492 e. The molecule has 220 valence electrons. The molecule has 0 amide bonds. The summed E-state index contributed by atoms with van der Waals surface area (Å²) in [7, 11) is 0. The van der Waals surface area contributed by atoms with E-state index in [4.69, 9.17) is 9.47 Å². The number of halogens is 3. The fourth-order valence-corrected chi connectivity index (χ4v) is 5.34. The van der Waals surface area contributed by atoms with E-state index in [2.05, 4.69) is 23.9 Å². The smallest absolute Gasteiger partial charge is 0.492 e. The molecule has 1 heterocycles. The molecule has 1 saturated heterocycles. The molecule has 4 aromatic carbocycles. The zero-order chi connectivity index (χ0) is 29.5. The number of piperidine rings is 1. The van der Waals surface area contributed by atoms with Gasteiger partial charge in [-0.3, -0.25) is 0 Å². The lowest BCUT2D eigenvalue weighted by molar-refractivity contribution is -0.248. The number of benzene rings is 4. The van der Waals surface area contributed by atoms with E-state index < -0.39 is 18.2 Å². The summed E-state index contributed by atoms with van der Waals surface area (Å²) >= 11 is 0. The number of hydrogen-bond donors (Lipinski definition) is 0. The van der Waals surface area contributed by atoms with Crippen LogP contribution in [0.15, 0.2) is 97.1 Å². The standard InChI is InChI=1S/C34H34F3NO4/c1-24(26-7-3-2-4-8-26)18-20-40-30-15-13-28(14-16-30)31-17-19-38(42-33(39)34(35,36)37)22-32(31)41-23-25-11-12-27-9-5-6-10-29(27)21-25/h2-16,21,24,31-32H,17-20,22-23H2,1H3. The Bertz CT molecular complexity index is 1460. The molecule has 0 radical (unpaired) electrons. The Hall–Kier alpha value is -3.88. The van der Waals surface area contributed by atoms with Crippen molar-refractivity contribution in [3.8, 4) is 5.75 Å². The van der Waals surface area contributed by atoms with Gasteiger partial charge in [0.05, 0.1) is 25.9 Å². The number of carbonyl (C=O) groups is 1. The average Bonchev–Trinajstić information content (AvgIpc) is 3.00. The van der Waals surface area contributed by atoms with Crippen molar-refractivity contribution < 1.29 is 32.3 Å². The Balaban J connectivity index is 1.24. The molecule has 0 bridgehead atoms. The molecule has 1 aliphatic heterocycles. The van der Waals surface area contributed by atoms with E-state index in [1.54, 1.807) is 0 Å². The Kier molecular flexibility index (Phi) is 9.45. The number of nitrogens with zero attached hydrogens (tertiary/aromatic N) is 1. The molecule has 0 saturated carbocycles. The molecular formula is C34H34F3NO4. The third-order valence-corrected chi connectivity index (χ3v) is 7.74. The summed E-state index contributed by atoms with van der Waals surface area (Å²) in [6.45, 7) is 3.22. The molecule has 3 unspecified atom stereocenters. The van der Waals surface area contributed by atoms with Crippen molar-refractivity contribution in [1.82, 2.24) is 5.06 Å². The van der Waals surface area contributed by atoms with Gasteiger partial charge < -0.3 is 14.3 Å². The second-order valence-corrected chi connectivity index (χ2v) is 10.7. The maximum atomic E-state index is 12.9. The Morgan fingerprint density at radius 1 is 0.929 bits per heavy atom. The predicted octanol–water partition coefficient (Wildman–Crippen LogP) is 7.81. The van der Waals surface area contributed by atoms with Crippen molar-refractivity contribution in [2.75, 3.05) is 19.7 Å². The number of rotatable bonds is 10. The highest BCUT2D eigenvalue weighted by Crippen LogP contribution is 2.33. The molecule has 0 aromatic heterocycles. The lowest BCUT2D eigenvalue weighted by atomic mass is 9.87. The zero-order valence-corrected chi connectivity index (χ0v) is 23.4. The molecule has 0 aliphatic carbocycles. The molecule has 0 spiro atoms. The fourth-order valence-electron chi connectivity index (χ4n) is 5.34. The highest BCUT2D eigenvalue weighted by Gasteiger charge is 2.44. The van der Waals surface area contributed by atoms with Crippen LogP contribution in [-0.4, -0.2) is 43.0 Å². The topological polar surface area (TPSA) is 48.0 Å².